The standard InChI is InChI=1S/C14H13ClINO/c1-9(17)10-5-6-14(13(15)7-10)18-12-4-2-3-11(16)8-12/h2-9H,17H2,1H3/t9-/m0/s1. The van der Waals surface area contributed by atoms with Gasteiger partial charge in [-0.15, -0.1) is 0 Å². The molecule has 2 aromatic rings. The summed E-state index contributed by atoms with van der Waals surface area (Å²) in [5, 5.41) is 0.573. The molecule has 1 atom stereocenters. The van der Waals surface area contributed by atoms with Gasteiger partial charge in [-0.1, -0.05) is 23.7 Å². The van der Waals surface area contributed by atoms with Gasteiger partial charge < -0.3 is 10.5 Å². The van der Waals surface area contributed by atoms with Crippen LogP contribution in [0.1, 0.15) is 18.5 Å². The van der Waals surface area contributed by atoms with Crippen molar-refractivity contribution in [3.05, 3.63) is 56.6 Å². The number of hydrogen-bond donors (Lipinski definition) is 1. The van der Waals surface area contributed by atoms with Crippen molar-refractivity contribution in [2.24, 2.45) is 5.73 Å². The Morgan fingerprint density at radius 2 is 2.00 bits per heavy atom. The Morgan fingerprint density at radius 3 is 2.61 bits per heavy atom. The molecule has 2 N–H and O–H groups in total. The van der Waals surface area contributed by atoms with E-state index in [4.69, 9.17) is 22.1 Å². The monoisotopic (exact) mass is 373 g/mol. The molecule has 2 aromatic carbocycles. The lowest BCUT2D eigenvalue weighted by atomic mass is 10.1. The highest BCUT2D eigenvalue weighted by Gasteiger charge is 2.07. The maximum Gasteiger partial charge on any atom is 0.146 e. The summed E-state index contributed by atoms with van der Waals surface area (Å²) >= 11 is 8.42. The van der Waals surface area contributed by atoms with Gasteiger partial charge in [0.05, 0.1) is 5.02 Å². The van der Waals surface area contributed by atoms with E-state index >= 15 is 0 Å². The van der Waals surface area contributed by atoms with Crippen LogP contribution in [0.3, 0.4) is 0 Å². The van der Waals surface area contributed by atoms with Crippen molar-refractivity contribution in [3.8, 4) is 11.5 Å². The summed E-state index contributed by atoms with van der Waals surface area (Å²) in [6.45, 7) is 1.92. The van der Waals surface area contributed by atoms with Gasteiger partial charge in [-0.3, -0.25) is 0 Å². The van der Waals surface area contributed by atoms with Crippen LogP contribution in [0, 0.1) is 3.57 Å². The summed E-state index contributed by atoms with van der Waals surface area (Å²) in [6, 6.07) is 13.4. The van der Waals surface area contributed by atoms with Gasteiger partial charge in [-0.2, -0.15) is 0 Å². The summed E-state index contributed by atoms with van der Waals surface area (Å²) in [4.78, 5) is 0. The fourth-order valence-corrected chi connectivity index (χ4v) is 2.28. The van der Waals surface area contributed by atoms with Crippen molar-refractivity contribution in [3.63, 3.8) is 0 Å². The lowest BCUT2D eigenvalue weighted by molar-refractivity contribution is 0.482. The second-order valence-corrected chi connectivity index (χ2v) is 5.69. The molecule has 0 saturated heterocycles. The molecule has 2 rings (SSSR count). The van der Waals surface area contributed by atoms with Gasteiger partial charge in [0.2, 0.25) is 0 Å². The lowest BCUT2D eigenvalue weighted by Gasteiger charge is -2.11. The van der Waals surface area contributed by atoms with Gasteiger partial charge in [0, 0.05) is 9.61 Å². The SMILES string of the molecule is C[C@H](N)c1ccc(Oc2cccc(I)c2)c(Cl)c1. The highest BCUT2D eigenvalue weighted by Crippen LogP contribution is 2.31. The van der Waals surface area contributed by atoms with Gasteiger partial charge in [-0.05, 0) is 65.4 Å². The Morgan fingerprint density at radius 1 is 1.22 bits per heavy atom. The molecule has 0 heterocycles. The Labute approximate surface area is 125 Å². The second-order valence-electron chi connectivity index (χ2n) is 4.04. The molecule has 2 nitrogen and oxygen atoms in total. The third-order valence-corrected chi connectivity index (χ3v) is 3.47. The Kier molecular flexibility index (Phi) is 4.48. The lowest BCUT2D eigenvalue weighted by Crippen LogP contribution is -2.04. The van der Waals surface area contributed by atoms with E-state index in [-0.39, 0.29) is 6.04 Å². The molecular weight excluding hydrogens is 361 g/mol. The summed E-state index contributed by atoms with van der Waals surface area (Å²) < 4.78 is 6.87. The molecule has 94 valence electrons. The first-order valence-electron chi connectivity index (χ1n) is 5.54. The molecule has 0 fully saturated rings. The zero-order chi connectivity index (χ0) is 13.1. The van der Waals surface area contributed by atoms with Crippen molar-refractivity contribution in [1.82, 2.24) is 0 Å². The number of halogens is 2. The summed E-state index contributed by atoms with van der Waals surface area (Å²) in [6.07, 6.45) is 0. The molecule has 0 radical (unpaired) electrons. The van der Waals surface area contributed by atoms with Gasteiger partial charge in [0.15, 0.2) is 0 Å². The normalized spacial score (nSPS) is 12.2. The largest absolute Gasteiger partial charge is 0.456 e. The van der Waals surface area contributed by atoms with Crippen molar-refractivity contribution in [2.45, 2.75) is 13.0 Å². The van der Waals surface area contributed by atoms with E-state index in [9.17, 15) is 0 Å². The molecule has 0 unspecified atom stereocenters. The summed E-state index contributed by atoms with van der Waals surface area (Å²) in [7, 11) is 0. The van der Waals surface area contributed by atoms with E-state index in [0.717, 1.165) is 14.9 Å². The maximum atomic E-state index is 6.18. The molecule has 0 aromatic heterocycles. The van der Waals surface area contributed by atoms with E-state index in [1.807, 2.05) is 49.4 Å². The smallest absolute Gasteiger partial charge is 0.146 e. The van der Waals surface area contributed by atoms with Crippen molar-refractivity contribution >= 4 is 34.2 Å². The fraction of sp³-hybridized carbons (Fsp3) is 0.143. The number of hydrogen-bond acceptors (Lipinski definition) is 2. The van der Waals surface area contributed by atoms with E-state index in [1.165, 1.54) is 0 Å². The average molecular weight is 374 g/mol. The first-order chi connectivity index (χ1) is 8.56. The van der Waals surface area contributed by atoms with E-state index < -0.39 is 0 Å². The molecule has 0 aliphatic heterocycles. The molecular formula is C14H13ClINO. The topological polar surface area (TPSA) is 35.2 Å². The van der Waals surface area contributed by atoms with Gasteiger partial charge in [0.25, 0.3) is 0 Å². The number of ether oxygens (including phenoxy) is 1. The van der Waals surface area contributed by atoms with Crippen LogP contribution in [0.4, 0.5) is 0 Å². The molecule has 4 heteroatoms. The van der Waals surface area contributed by atoms with E-state index in [0.29, 0.717) is 10.8 Å². The van der Waals surface area contributed by atoms with Gasteiger partial charge in [0.1, 0.15) is 11.5 Å². The van der Waals surface area contributed by atoms with Crippen LogP contribution in [0.15, 0.2) is 42.5 Å². The van der Waals surface area contributed by atoms with E-state index in [2.05, 4.69) is 22.6 Å². The Bertz CT molecular complexity index is 557. The predicted molar refractivity (Wildman–Crippen MR) is 83.3 cm³/mol. The quantitative estimate of drug-likeness (QED) is 0.788. The van der Waals surface area contributed by atoms with Crippen molar-refractivity contribution in [2.75, 3.05) is 0 Å². The van der Waals surface area contributed by atoms with Gasteiger partial charge in [-0.25, -0.2) is 0 Å². The third kappa shape index (κ3) is 3.37. The molecule has 18 heavy (non-hydrogen) atoms. The summed E-state index contributed by atoms with van der Waals surface area (Å²) in [5.74, 6) is 1.42. The minimum atomic E-state index is -0.0331. The van der Waals surface area contributed by atoms with E-state index in [1.54, 1.807) is 0 Å². The molecule has 0 aliphatic carbocycles. The van der Waals surface area contributed by atoms with Crippen LogP contribution in [-0.2, 0) is 0 Å². The highest BCUT2D eigenvalue weighted by atomic mass is 127. The summed E-state index contributed by atoms with van der Waals surface area (Å²) in [5.41, 5.74) is 6.80. The minimum absolute atomic E-state index is 0.0331. The zero-order valence-corrected chi connectivity index (χ0v) is 12.8. The maximum absolute atomic E-state index is 6.18. The second kappa shape index (κ2) is 5.91. The number of rotatable bonds is 3. The van der Waals surface area contributed by atoms with Crippen LogP contribution in [-0.4, -0.2) is 0 Å². The fourth-order valence-electron chi connectivity index (χ4n) is 1.54. The van der Waals surface area contributed by atoms with Crippen LogP contribution in [0.25, 0.3) is 0 Å². The van der Waals surface area contributed by atoms with Crippen LogP contribution < -0.4 is 10.5 Å². The van der Waals surface area contributed by atoms with Crippen molar-refractivity contribution in [1.29, 1.82) is 0 Å². The molecule has 0 saturated carbocycles. The predicted octanol–water partition coefficient (Wildman–Crippen LogP) is 4.76. The van der Waals surface area contributed by atoms with Crippen LogP contribution in [0.5, 0.6) is 11.5 Å². The number of benzene rings is 2. The van der Waals surface area contributed by atoms with Crippen LogP contribution >= 0.6 is 34.2 Å². The zero-order valence-electron chi connectivity index (χ0n) is 9.86. The number of nitrogens with two attached hydrogens (primary N) is 1. The first kappa shape index (κ1) is 13.6. The first-order valence-corrected chi connectivity index (χ1v) is 7.00. The molecule has 0 spiro atoms. The molecule has 0 amide bonds. The highest BCUT2D eigenvalue weighted by molar-refractivity contribution is 14.1. The van der Waals surface area contributed by atoms with Crippen LogP contribution in [0.2, 0.25) is 5.02 Å². The Hall–Kier alpha value is -0.780. The molecule has 0 bridgehead atoms. The average Bonchev–Trinajstić information content (AvgIpc) is 2.31. The third-order valence-electron chi connectivity index (χ3n) is 2.51. The van der Waals surface area contributed by atoms with Gasteiger partial charge >= 0.3 is 0 Å². The van der Waals surface area contributed by atoms with Crippen molar-refractivity contribution < 1.29 is 4.74 Å². The molecule has 0 aliphatic rings. The Balaban J connectivity index is 2.24. The minimum Gasteiger partial charge on any atom is -0.456 e.